The maximum Gasteiger partial charge on any atom is 0.416 e. The summed E-state index contributed by atoms with van der Waals surface area (Å²) in [5.41, 5.74) is -0.521. The van der Waals surface area contributed by atoms with Gasteiger partial charge in [0.1, 0.15) is 17.9 Å². The van der Waals surface area contributed by atoms with Crippen molar-refractivity contribution in [2.75, 3.05) is 31.7 Å². The minimum atomic E-state index is -4.64. The molecule has 0 unspecified atom stereocenters. The largest absolute Gasteiger partial charge is 0.416 e. The molecule has 236 valence electrons. The van der Waals surface area contributed by atoms with E-state index in [1.165, 1.54) is 22.9 Å². The summed E-state index contributed by atoms with van der Waals surface area (Å²) >= 11 is 0. The molecule has 3 atom stereocenters. The molecule has 2 aromatic rings. The number of halogens is 3. The first-order valence-electron chi connectivity index (χ1n) is 15.1. The molecule has 44 heavy (non-hydrogen) atoms. The second-order valence-electron chi connectivity index (χ2n) is 11.8. The van der Waals surface area contributed by atoms with Crippen LogP contribution in [0.25, 0.3) is 0 Å². The Labute approximate surface area is 254 Å². The molecule has 2 fully saturated rings. The highest BCUT2D eigenvalue weighted by atomic mass is 19.4. The third kappa shape index (κ3) is 5.79. The number of carbonyl (C=O) groups is 3. The van der Waals surface area contributed by atoms with Crippen molar-refractivity contribution in [1.29, 1.82) is 5.26 Å². The summed E-state index contributed by atoms with van der Waals surface area (Å²) in [5, 5.41) is 17.2. The Hall–Kier alpha value is -3.92. The number of nitrogens with one attached hydrogen (secondary N) is 1. The monoisotopic (exact) mass is 614 g/mol. The lowest BCUT2D eigenvalue weighted by Gasteiger charge is -2.41. The summed E-state index contributed by atoms with van der Waals surface area (Å²) < 4.78 is 47.6. The number of aromatic nitrogens is 2. The van der Waals surface area contributed by atoms with Gasteiger partial charge < -0.3 is 15.0 Å². The van der Waals surface area contributed by atoms with Crippen LogP contribution in [-0.2, 0) is 15.7 Å². The number of benzene rings is 1. The molecule has 10 nitrogen and oxygen atoms in total. The highest BCUT2D eigenvalue weighted by Gasteiger charge is 2.50. The number of carbonyl (C=O) groups excluding carboxylic acids is 3. The maximum absolute atomic E-state index is 14.3. The maximum atomic E-state index is 14.3. The molecule has 1 aliphatic carbocycles. The molecule has 3 amide bonds. The third-order valence-corrected chi connectivity index (χ3v) is 9.19. The van der Waals surface area contributed by atoms with Crippen molar-refractivity contribution in [2.24, 2.45) is 5.92 Å². The molecule has 5 rings (SSSR count). The number of hydrogen-bond donors (Lipinski definition) is 1. The van der Waals surface area contributed by atoms with E-state index in [-0.39, 0.29) is 29.8 Å². The lowest BCUT2D eigenvalue weighted by atomic mass is 9.76. The fraction of sp³-hybridized carbons (Fsp3) is 0.581. The second kappa shape index (κ2) is 12.6. The Morgan fingerprint density at radius 2 is 1.89 bits per heavy atom. The van der Waals surface area contributed by atoms with Gasteiger partial charge in [0, 0.05) is 43.9 Å². The highest BCUT2D eigenvalue weighted by Crippen LogP contribution is 2.49. The number of nitriles is 1. The van der Waals surface area contributed by atoms with Crippen LogP contribution < -0.4 is 10.2 Å². The molecule has 3 heterocycles. The number of likely N-dealkylation sites (N-methyl/N-ethyl adjacent to an activating group) is 1. The minimum absolute atomic E-state index is 0.0823. The van der Waals surface area contributed by atoms with Crippen LogP contribution >= 0.6 is 0 Å². The highest BCUT2D eigenvalue weighted by molar-refractivity contribution is 6.07. The van der Waals surface area contributed by atoms with Crippen LogP contribution in [0, 0.1) is 17.2 Å². The van der Waals surface area contributed by atoms with Gasteiger partial charge in [-0.25, -0.2) is 4.68 Å². The molecular formula is C31H37F3N6O4. The normalized spacial score (nSPS) is 21.9. The predicted molar refractivity (Wildman–Crippen MR) is 154 cm³/mol. The van der Waals surface area contributed by atoms with E-state index in [1.807, 2.05) is 0 Å². The quantitative estimate of drug-likeness (QED) is 0.484. The summed E-state index contributed by atoms with van der Waals surface area (Å²) in [6, 6.07) is 4.15. The van der Waals surface area contributed by atoms with Gasteiger partial charge in [-0.3, -0.25) is 19.3 Å². The Morgan fingerprint density at radius 3 is 2.50 bits per heavy atom. The van der Waals surface area contributed by atoms with E-state index in [0.29, 0.717) is 37.4 Å². The number of alkyl halides is 3. The standard InChI is InChI=1S/C31H37F3N6O4/c1-4-39-28-24(26(29(42)38(3)18(2)17-35)37-40(28)22-12-14-44-15-13-22)23(19-8-5-6-9-19)25(30(39)43)36-27(41)20-10-7-11-21(16-20)31(32,33)34/h7,10-11,16,18-19,22-23,25H,4-6,8-9,12-15H2,1-3H3,(H,36,41)/t18-,23+,25+/m1/s1. The molecule has 0 spiro atoms. The van der Waals surface area contributed by atoms with Crippen LogP contribution in [0.1, 0.15) is 96.3 Å². The van der Waals surface area contributed by atoms with Crippen molar-refractivity contribution >= 4 is 23.5 Å². The number of nitrogens with zero attached hydrogens (tertiary/aromatic N) is 5. The van der Waals surface area contributed by atoms with Crippen LogP contribution in [-0.4, -0.2) is 71.3 Å². The van der Waals surface area contributed by atoms with E-state index in [9.17, 15) is 32.8 Å². The molecule has 1 aromatic carbocycles. The van der Waals surface area contributed by atoms with E-state index >= 15 is 0 Å². The molecule has 1 saturated carbocycles. The molecule has 1 aromatic heterocycles. The number of anilines is 1. The molecule has 0 radical (unpaired) electrons. The fourth-order valence-electron chi connectivity index (χ4n) is 6.72. The molecule has 3 aliphatic rings. The van der Waals surface area contributed by atoms with Gasteiger partial charge in [-0.1, -0.05) is 18.9 Å². The van der Waals surface area contributed by atoms with Gasteiger partial charge in [0.2, 0.25) is 0 Å². The number of ether oxygens (including phenoxy) is 1. The van der Waals surface area contributed by atoms with Crippen LogP contribution in [0.2, 0.25) is 0 Å². The van der Waals surface area contributed by atoms with E-state index < -0.39 is 47.5 Å². The smallest absolute Gasteiger partial charge is 0.381 e. The molecular weight excluding hydrogens is 577 g/mol. The van der Waals surface area contributed by atoms with Gasteiger partial charge in [0.25, 0.3) is 17.7 Å². The third-order valence-electron chi connectivity index (χ3n) is 9.19. The van der Waals surface area contributed by atoms with E-state index in [0.717, 1.165) is 43.9 Å². The number of amides is 3. The zero-order chi connectivity index (χ0) is 31.8. The van der Waals surface area contributed by atoms with Gasteiger partial charge in [-0.2, -0.15) is 23.5 Å². The van der Waals surface area contributed by atoms with Crippen molar-refractivity contribution in [3.63, 3.8) is 0 Å². The van der Waals surface area contributed by atoms with Gasteiger partial charge in [0.05, 0.1) is 17.7 Å². The summed E-state index contributed by atoms with van der Waals surface area (Å²) in [4.78, 5) is 44.7. The first-order chi connectivity index (χ1) is 21.0. The Bertz CT molecular complexity index is 1460. The number of rotatable bonds is 7. The van der Waals surface area contributed by atoms with Crippen molar-refractivity contribution in [3.05, 3.63) is 46.6 Å². The SMILES string of the molecule is CCN1C(=O)[C@@H](NC(=O)c2cccc(C(F)(F)F)c2)[C@@H](C2CCCC2)c2c(C(=O)N(C)[C@H](C)C#N)nn(C3CCOCC3)c21. The minimum Gasteiger partial charge on any atom is -0.381 e. The molecule has 1 N–H and O–H groups in total. The molecule has 1 saturated heterocycles. The lowest BCUT2D eigenvalue weighted by molar-refractivity contribution is -0.137. The Kier molecular flexibility index (Phi) is 9.02. The van der Waals surface area contributed by atoms with Crippen molar-refractivity contribution < 1.29 is 32.3 Å². The van der Waals surface area contributed by atoms with Gasteiger partial charge >= 0.3 is 6.18 Å². The van der Waals surface area contributed by atoms with Crippen LogP contribution in [0.5, 0.6) is 0 Å². The fourth-order valence-corrected chi connectivity index (χ4v) is 6.72. The molecule has 13 heteroatoms. The van der Waals surface area contributed by atoms with Crippen molar-refractivity contribution in [2.45, 2.75) is 82.6 Å². The molecule has 2 aliphatic heterocycles. The Balaban J connectivity index is 1.66. The lowest BCUT2D eigenvalue weighted by Crippen LogP contribution is -2.57. The summed E-state index contributed by atoms with van der Waals surface area (Å²) in [6.07, 6.45) is -0.0836. The summed E-state index contributed by atoms with van der Waals surface area (Å²) in [5.74, 6) is -1.90. The van der Waals surface area contributed by atoms with Gasteiger partial charge in [-0.05, 0) is 63.6 Å². The summed E-state index contributed by atoms with van der Waals surface area (Å²) in [6.45, 7) is 4.60. The van der Waals surface area contributed by atoms with Crippen molar-refractivity contribution in [1.82, 2.24) is 20.0 Å². The first kappa shape index (κ1) is 31.5. The number of hydrogen-bond acceptors (Lipinski definition) is 6. The average molecular weight is 615 g/mol. The zero-order valence-electron chi connectivity index (χ0n) is 25.1. The summed E-state index contributed by atoms with van der Waals surface area (Å²) in [7, 11) is 1.53. The average Bonchev–Trinajstić information content (AvgIpc) is 3.69. The van der Waals surface area contributed by atoms with Gasteiger partial charge in [-0.15, -0.1) is 0 Å². The Morgan fingerprint density at radius 1 is 1.20 bits per heavy atom. The van der Waals surface area contributed by atoms with Crippen LogP contribution in [0.3, 0.4) is 0 Å². The first-order valence-corrected chi connectivity index (χ1v) is 15.1. The van der Waals surface area contributed by atoms with Crippen molar-refractivity contribution in [3.8, 4) is 6.07 Å². The second-order valence-corrected chi connectivity index (χ2v) is 11.8. The van der Waals surface area contributed by atoms with E-state index in [4.69, 9.17) is 9.84 Å². The van der Waals surface area contributed by atoms with E-state index in [1.54, 1.807) is 18.5 Å². The van der Waals surface area contributed by atoms with E-state index in [2.05, 4.69) is 11.4 Å². The molecule has 0 bridgehead atoms. The predicted octanol–water partition coefficient (Wildman–Crippen LogP) is 4.68. The van der Waals surface area contributed by atoms with Crippen LogP contribution in [0.4, 0.5) is 19.0 Å². The zero-order valence-corrected chi connectivity index (χ0v) is 25.1. The van der Waals surface area contributed by atoms with Gasteiger partial charge in [0.15, 0.2) is 5.69 Å². The number of fused-ring (bicyclic) bond motifs is 1. The topological polar surface area (TPSA) is 121 Å². The van der Waals surface area contributed by atoms with Crippen LogP contribution in [0.15, 0.2) is 24.3 Å².